The number of nitrogen functional groups attached to an aromatic ring is 1. The van der Waals surface area contributed by atoms with Crippen molar-refractivity contribution in [2.45, 2.75) is 22.6 Å². The van der Waals surface area contributed by atoms with Gasteiger partial charge in [-0.1, -0.05) is 18.7 Å². The first-order chi connectivity index (χ1) is 8.63. The minimum Gasteiger partial charge on any atom is -0.495 e. The molecule has 0 spiro atoms. The van der Waals surface area contributed by atoms with Crippen LogP contribution in [0.3, 0.4) is 0 Å². The summed E-state index contributed by atoms with van der Waals surface area (Å²) in [5.74, 6) is 0.844. The Morgan fingerprint density at radius 2 is 2.28 bits per heavy atom. The number of halogens is 1. The van der Waals surface area contributed by atoms with Crippen LogP contribution < -0.4 is 10.5 Å². The Balaban J connectivity index is 2.28. The molecule has 0 aliphatic heterocycles. The molecular weight excluding hydrogens is 273 g/mol. The van der Waals surface area contributed by atoms with Crippen LogP contribution in [-0.4, -0.2) is 16.5 Å². The van der Waals surface area contributed by atoms with Gasteiger partial charge in [0.15, 0.2) is 4.34 Å². The van der Waals surface area contributed by atoms with Crippen molar-refractivity contribution in [1.29, 1.82) is 0 Å². The molecule has 0 saturated carbocycles. The molecule has 0 saturated heterocycles. The third-order valence-corrected chi connectivity index (χ3v) is 4.07. The molecule has 0 fully saturated rings. The van der Waals surface area contributed by atoms with Crippen molar-refractivity contribution < 1.29 is 9.13 Å². The van der Waals surface area contributed by atoms with E-state index < -0.39 is 0 Å². The number of aromatic nitrogens is 2. The van der Waals surface area contributed by atoms with Crippen molar-refractivity contribution in [1.82, 2.24) is 9.36 Å². The molecule has 4 nitrogen and oxygen atoms in total. The van der Waals surface area contributed by atoms with E-state index in [4.69, 9.17) is 10.5 Å². The van der Waals surface area contributed by atoms with Crippen molar-refractivity contribution in [2.24, 2.45) is 0 Å². The maximum absolute atomic E-state index is 13.7. The molecule has 7 heteroatoms. The standard InChI is InChI=1S/C11H12FN3OS2/c1-3-10-14-11(18-15-10)17-9-5-8(16-2)7(13)4-6(9)12/h4-5H,3,13H2,1-2H3. The second kappa shape index (κ2) is 5.53. The van der Waals surface area contributed by atoms with Gasteiger partial charge >= 0.3 is 0 Å². The Kier molecular flexibility index (Phi) is 4.03. The lowest BCUT2D eigenvalue weighted by atomic mass is 10.3. The molecule has 0 bridgehead atoms. The average Bonchev–Trinajstić information content (AvgIpc) is 2.80. The number of rotatable bonds is 4. The van der Waals surface area contributed by atoms with Crippen LogP contribution in [0.5, 0.6) is 5.75 Å². The van der Waals surface area contributed by atoms with Crippen LogP contribution in [0, 0.1) is 5.82 Å². The van der Waals surface area contributed by atoms with Gasteiger partial charge in [0.25, 0.3) is 0 Å². The number of nitrogens with two attached hydrogens (primary N) is 1. The SMILES string of the molecule is CCc1nsc(Sc2cc(OC)c(N)cc2F)n1. The first-order valence-electron chi connectivity index (χ1n) is 5.27. The summed E-state index contributed by atoms with van der Waals surface area (Å²) in [5, 5.41) is 0. The van der Waals surface area contributed by atoms with E-state index in [-0.39, 0.29) is 11.5 Å². The third kappa shape index (κ3) is 2.73. The van der Waals surface area contributed by atoms with E-state index in [9.17, 15) is 4.39 Å². The largest absolute Gasteiger partial charge is 0.495 e. The molecule has 1 aromatic heterocycles. The van der Waals surface area contributed by atoms with Gasteiger partial charge in [0.2, 0.25) is 0 Å². The highest BCUT2D eigenvalue weighted by atomic mass is 32.2. The quantitative estimate of drug-likeness (QED) is 0.875. The molecule has 0 radical (unpaired) electrons. The van der Waals surface area contributed by atoms with E-state index in [1.807, 2.05) is 6.92 Å². The van der Waals surface area contributed by atoms with Crippen molar-refractivity contribution in [2.75, 3.05) is 12.8 Å². The monoisotopic (exact) mass is 285 g/mol. The molecule has 0 atom stereocenters. The molecular formula is C11H12FN3OS2. The van der Waals surface area contributed by atoms with Crippen LogP contribution in [0.1, 0.15) is 12.7 Å². The zero-order valence-corrected chi connectivity index (χ0v) is 11.6. The first kappa shape index (κ1) is 13.1. The highest BCUT2D eigenvalue weighted by Crippen LogP contribution is 2.35. The Bertz CT molecular complexity index is 559. The highest BCUT2D eigenvalue weighted by Gasteiger charge is 2.12. The molecule has 0 unspecified atom stereocenters. The lowest BCUT2D eigenvalue weighted by Gasteiger charge is -2.07. The van der Waals surface area contributed by atoms with Crippen LogP contribution in [0.4, 0.5) is 10.1 Å². The Labute approximate surface area is 113 Å². The number of ether oxygens (including phenoxy) is 1. The second-order valence-electron chi connectivity index (χ2n) is 3.46. The Morgan fingerprint density at radius 1 is 1.50 bits per heavy atom. The average molecular weight is 285 g/mol. The Morgan fingerprint density at radius 3 is 2.89 bits per heavy atom. The smallest absolute Gasteiger partial charge is 0.174 e. The summed E-state index contributed by atoms with van der Waals surface area (Å²) in [5.41, 5.74) is 5.90. The third-order valence-electron chi connectivity index (χ3n) is 2.25. The summed E-state index contributed by atoms with van der Waals surface area (Å²) in [7, 11) is 1.50. The molecule has 1 aromatic carbocycles. The van der Waals surface area contributed by atoms with Gasteiger partial charge in [-0.2, -0.15) is 4.37 Å². The van der Waals surface area contributed by atoms with Crippen LogP contribution in [0.25, 0.3) is 0 Å². The zero-order valence-electron chi connectivity index (χ0n) is 9.94. The molecule has 2 N–H and O–H groups in total. The van der Waals surface area contributed by atoms with Gasteiger partial charge in [-0.3, -0.25) is 0 Å². The minimum absolute atomic E-state index is 0.283. The highest BCUT2D eigenvalue weighted by molar-refractivity contribution is 8.01. The predicted octanol–water partition coefficient (Wildman–Crippen LogP) is 2.98. The number of methoxy groups -OCH3 is 1. The summed E-state index contributed by atoms with van der Waals surface area (Å²) in [4.78, 5) is 4.71. The van der Waals surface area contributed by atoms with Crippen LogP contribution in [-0.2, 0) is 6.42 Å². The first-order valence-corrected chi connectivity index (χ1v) is 6.86. The molecule has 2 aromatic rings. The lowest BCUT2D eigenvalue weighted by Crippen LogP contribution is -1.94. The maximum atomic E-state index is 13.7. The molecule has 18 heavy (non-hydrogen) atoms. The van der Waals surface area contributed by atoms with Crippen molar-refractivity contribution in [3.8, 4) is 5.75 Å². The van der Waals surface area contributed by atoms with Gasteiger partial charge in [-0.25, -0.2) is 9.37 Å². The number of aryl methyl sites for hydroxylation is 1. The maximum Gasteiger partial charge on any atom is 0.174 e. The van der Waals surface area contributed by atoms with Crippen LogP contribution in [0.15, 0.2) is 21.4 Å². The lowest BCUT2D eigenvalue weighted by molar-refractivity contribution is 0.414. The predicted molar refractivity (Wildman–Crippen MR) is 70.8 cm³/mol. The number of nitrogens with zero attached hydrogens (tertiary/aromatic N) is 2. The van der Waals surface area contributed by atoms with Gasteiger partial charge in [-0.05, 0) is 17.6 Å². The number of benzene rings is 1. The fourth-order valence-electron chi connectivity index (χ4n) is 1.32. The topological polar surface area (TPSA) is 61.0 Å². The minimum atomic E-state index is -0.383. The van der Waals surface area contributed by atoms with Gasteiger partial charge in [0.1, 0.15) is 17.4 Å². The summed E-state index contributed by atoms with van der Waals surface area (Å²) in [6.07, 6.45) is 0.768. The fraction of sp³-hybridized carbons (Fsp3) is 0.273. The Hall–Kier alpha value is -1.34. The van der Waals surface area contributed by atoms with Crippen LogP contribution in [0.2, 0.25) is 0 Å². The second-order valence-corrected chi connectivity index (χ2v) is 5.50. The van der Waals surface area contributed by atoms with E-state index in [0.29, 0.717) is 15.0 Å². The van der Waals surface area contributed by atoms with Crippen molar-refractivity contribution in [3.05, 3.63) is 23.8 Å². The zero-order chi connectivity index (χ0) is 13.1. The van der Waals surface area contributed by atoms with E-state index >= 15 is 0 Å². The summed E-state index contributed by atoms with van der Waals surface area (Å²) in [6.45, 7) is 1.98. The molecule has 2 rings (SSSR count). The number of hydrogen-bond donors (Lipinski definition) is 1. The molecule has 96 valence electrons. The number of anilines is 1. The van der Waals surface area contributed by atoms with Gasteiger partial charge in [-0.15, -0.1) is 0 Å². The number of hydrogen-bond acceptors (Lipinski definition) is 6. The molecule has 0 aliphatic carbocycles. The normalized spacial score (nSPS) is 10.6. The van der Waals surface area contributed by atoms with E-state index in [1.54, 1.807) is 6.07 Å². The van der Waals surface area contributed by atoms with Crippen LogP contribution >= 0.6 is 23.3 Å². The summed E-state index contributed by atoms with van der Waals surface area (Å²) in [6, 6.07) is 2.82. The van der Waals surface area contributed by atoms with E-state index in [2.05, 4.69) is 9.36 Å². The van der Waals surface area contributed by atoms with E-state index in [0.717, 1.165) is 12.2 Å². The van der Waals surface area contributed by atoms with Crippen molar-refractivity contribution in [3.63, 3.8) is 0 Å². The van der Waals surface area contributed by atoms with Gasteiger partial charge in [0, 0.05) is 12.5 Å². The van der Waals surface area contributed by atoms with Crippen molar-refractivity contribution >= 4 is 29.0 Å². The summed E-state index contributed by atoms with van der Waals surface area (Å²) >= 11 is 2.48. The molecule has 0 aliphatic rings. The molecule has 0 amide bonds. The van der Waals surface area contributed by atoms with Gasteiger partial charge < -0.3 is 10.5 Å². The van der Waals surface area contributed by atoms with Gasteiger partial charge in [0.05, 0.1) is 17.7 Å². The fourth-order valence-corrected chi connectivity index (χ4v) is 3.01. The van der Waals surface area contributed by atoms with E-state index in [1.165, 1.54) is 36.5 Å². The molecule has 1 heterocycles. The summed E-state index contributed by atoms with van der Waals surface area (Å²) < 4.78 is 23.7.